The second-order valence-corrected chi connectivity index (χ2v) is 3.53. The van der Waals surface area contributed by atoms with Crippen LogP contribution in [-0.2, 0) is 14.3 Å². The first-order valence-corrected chi connectivity index (χ1v) is 4.95. The molecule has 0 aliphatic heterocycles. The van der Waals surface area contributed by atoms with Crippen LogP contribution in [0.15, 0.2) is 24.3 Å². The zero-order valence-electron chi connectivity index (χ0n) is 9.64. The Hall–Kier alpha value is -1.39. The molecule has 0 aromatic heterocycles. The van der Waals surface area contributed by atoms with Crippen molar-refractivity contribution in [3.63, 3.8) is 0 Å². The van der Waals surface area contributed by atoms with Gasteiger partial charge in [-0.1, -0.05) is 29.8 Å². The van der Waals surface area contributed by atoms with E-state index in [1.807, 2.05) is 19.1 Å². The minimum Gasteiger partial charge on any atom is -0.467 e. The third-order valence-corrected chi connectivity index (χ3v) is 2.39. The van der Waals surface area contributed by atoms with Gasteiger partial charge in [-0.05, 0) is 12.5 Å². The lowest BCUT2D eigenvalue weighted by Crippen LogP contribution is -2.31. The van der Waals surface area contributed by atoms with Gasteiger partial charge in [-0.3, -0.25) is 0 Å². The van der Waals surface area contributed by atoms with Gasteiger partial charge in [-0.2, -0.15) is 0 Å². The maximum Gasteiger partial charge on any atom is 0.338 e. The number of aryl methyl sites for hydroxylation is 1. The number of aliphatic hydroxyl groups is 1. The van der Waals surface area contributed by atoms with E-state index >= 15 is 0 Å². The molecule has 0 heterocycles. The summed E-state index contributed by atoms with van der Waals surface area (Å²) in [4.78, 5) is 11.3. The summed E-state index contributed by atoms with van der Waals surface area (Å²) in [5.74, 6) is -0.587. The first kappa shape index (κ1) is 12.7. The highest BCUT2D eigenvalue weighted by atomic mass is 16.6. The number of carbonyl (C=O) groups is 1. The Morgan fingerprint density at radius 1 is 1.25 bits per heavy atom. The van der Waals surface area contributed by atoms with Crippen LogP contribution in [0.1, 0.15) is 17.2 Å². The van der Waals surface area contributed by atoms with Crippen molar-refractivity contribution in [2.75, 3.05) is 14.2 Å². The van der Waals surface area contributed by atoms with Crippen LogP contribution in [0.5, 0.6) is 0 Å². The highest BCUT2D eigenvalue weighted by Crippen LogP contribution is 2.20. The van der Waals surface area contributed by atoms with Gasteiger partial charge in [0.25, 0.3) is 0 Å². The van der Waals surface area contributed by atoms with Crippen molar-refractivity contribution in [1.29, 1.82) is 0 Å². The number of aliphatic hydroxyl groups excluding tert-OH is 1. The van der Waals surface area contributed by atoms with Crippen molar-refractivity contribution in [1.82, 2.24) is 0 Å². The molecule has 1 aromatic rings. The number of rotatable bonds is 4. The number of hydrogen-bond acceptors (Lipinski definition) is 4. The lowest BCUT2D eigenvalue weighted by atomic mass is 10.0. The van der Waals surface area contributed by atoms with E-state index < -0.39 is 18.2 Å². The van der Waals surface area contributed by atoms with Gasteiger partial charge < -0.3 is 14.6 Å². The zero-order valence-corrected chi connectivity index (χ0v) is 9.64. The van der Waals surface area contributed by atoms with Crippen LogP contribution in [0.3, 0.4) is 0 Å². The molecule has 0 spiro atoms. The molecule has 88 valence electrons. The minimum atomic E-state index is -1.02. The van der Waals surface area contributed by atoms with Crippen molar-refractivity contribution >= 4 is 5.97 Å². The number of methoxy groups -OCH3 is 2. The van der Waals surface area contributed by atoms with Crippen LogP contribution in [0.2, 0.25) is 0 Å². The van der Waals surface area contributed by atoms with Gasteiger partial charge in [-0.15, -0.1) is 0 Å². The molecule has 0 aliphatic rings. The van der Waals surface area contributed by atoms with Crippen molar-refractivity contribution in [2.24, 2.45) is 0 Å². The molecule has 2 atom stereocenters. The standard InChI is InChI=1S/C12H16O4/c1-8-4-6-9(7-5-8)10(13)11(15-2)12(14)16-3/h4-7,10-11,13H,1-3H3/t10-,11+/m1/s1. The molecule has 0 bridgehead atoms. The third kappa shape index (κ3) is 2.81. The predicted molar refractivity (Wildman–Crippen MR) is 59.0 cm³/mol. The van der Waals surface area contributed by atoms with Gasteiger partial charge in [0.1, 0.15) is 6.10 Å². The molecule has 0 unspecified atom stereocenters. The summed E-state index contributed by atoms with van der Waals surface area (Å²) in [6.07, 6.45) is -2.01. The summed E-state index contributed by atoms with van der Waals surface area (Å²) >= 11 is 0. The van der Waals surface area contributed by atoms with Crippen molar-refractivity contribution in [3.8, 4) is 0 Å². The third-order valence-electron chi connectivity index (χ3n) is 2.39. The van der Waals surface area contributed by atoms with Gasteiger partial charge >= 0.3 is 5.97 Å². The van der Waals surface area contributed by atoms with E-state index in [4.69, 9.17) is 4.74 Å². The molecular weight excluding hydrogens is 208 g/mol. The van der Waals surface area contributed by atoms with Gasteiger partial charge in [0.2, 0.25) is 0 Å². The maximum absolute atomic E-state index is 11.3. The second kappa shape index (κ2) is 5.63. The summed E-state index contributed by atoms with van der Waals surface area (Å²) in [5.41, 5.74) is 1.71. The normalized spacial score (nSPS) is 14.2. The van der Waals surface area contributed by atoms with Crippen LogP contribution in [-0.4, -0.2) is 31.4 Å². The van der Waals surface area contributed by atoms with Crippen LogP contribution in [0, 0.1) is 6.92 Å². The van der Waals surface area contributed by atoms with Gasteiger partial charge in [0, 0.05) is 7.11 Å². The van der Waals surface area contributed by atoms with Crippen molar-refractivity contribution in [2.45, 2.75) is 19.1 Å². The fourth-order valence-corrected chi connectivity index (χ4v) is 1.41. The first-order chi connectivity index (χ1) is 7.60. The van der Waals surface area contributed by atoms with E-state index in [9.17, 15) is 9.90 Å². The van der Waals surface area contributed by atoms with E-state index in [1.165, 1.54) is 14.2 Å². The summed E-state index contributed by atoms with van der Waals surface area (Å²) < 4.78 is 9.47. The van der Waals surface area contributed by atoms with E-state index in [1.54, 1.807) is 12.1 Å². The Labute approximate surface area is 94.8 Å². The van der Waals surface area contributed by atoms with E-state index in [0.29, 0.717) is 5.56 Å². The molecule has 0 saturated carbocycles. The maximum atomic E-state index is 11.3. The number of benzene rings is 1. The number of ether oxygens (including phenoxy) is 2. The summed E-state index contributed by atoms with van der Waals surface area (Å²) in [6, 6.07) is 7.25. The molecular formula is C12H16O4. The second-order valence-electron chi connectivity index (χ2n) is 3.53. The lowest BCUT2D eigenvalue weighted by molar-refractivity contribution is -0.159. The molecule has 1 aromatic carbocycles. The van der Waals surface area contributed by atoms with Crippen LogP contribution >= 0.6 is 0 Å². The number of carbonyl (C=O) groups excluding carboxylic acids is 1. The average molecular weight is 224 g/mol. The topological polar surface area (TPSA) is 55.8 Å². The predicted octanol–water partition coefficient (Wildman–Crippen LogP) is 1.22. The Kier molecular flexibility index (Phi) is 4.46. The SMILES string of the molecule is COC(=O)[C@@H](OC)[C@H](O)c1ccc(C)cc1. The van der Waals surface area contributed by atoms with Crippen molar-refractivity contribution in [3.05, 3.63) is 35.4 Å². The molecule has 1 rings (SSSR count). The first-order valence-electron chi connectivity index (χ1n) is 4.95. The smallest absolute Gasteiger partial charge is 0.338 e. The lowest BCUT2D eigenvalue weighted by Gasteiger charge is -2.19. The van der Waals surface area contributed by atoms with Gasteiger partial charge in [-0.25, -0.2) is 4.79 Å². The summed E-state index contributed by atoms with van der Waals surface area (Å²) in [7, 11) is 2.62. The summed E-state index contributed by atoms with van der Waals surface area (Å²) in [5, 5.41) is 9.95. The molecule has 4 nitrogen and oxygen atoms in total. The van der Waals surface area contributed by atoms with Crippen LogP contribution < -0.4 is 0 Å². The Morgan fingerprint density at radius 3 is 2.25 bits per heavy atom. The van der Waals surface area contributed by atoms with Crippen LogP contribution in [0.25, 0.3) is 0 Å². The Morgan fingerprint density at radius 2 is 1.81 bits per heavy atom. The zero-order chi connectivity index (χ0) is 12.1. The van der Waals surface area contributed by atoms with E-state index in [0.717, 1.165) is 5.56 Å². The van der Waals surface area contributed by atoms with E-state index in [2.05, 4.69) is 4.74 Å². The number of esters is 1. The minimum absolute atomic E-state index is 0.587. The average Bonchev–Trinajstić information content (AvgIpc) is 2.30. The fraction of sp³-hybridized carbons (Fsp3) is 0.417. The molecule has 0 amide bonds. The van der Waals surface area contributed by atoms with Crippen molar-refractivity contribution < 1.29 is 19.4 Å². The molecule has 16 heavy (non-hydrogen) atoms. The molecule has 0 radical (unpaired) electrons. The van der Waals surface area contributed by atoms with Crippen LogP contribution in [0.4, 0.5) is 0 Å². The quantitative estimate of drug-likeness (QED) is 0.781. The molecule has 1 N–H and O–H groups in total. The summed E-state index contributed by atoms with van der Waals surface area (Å²) in [6.45, 7) is 1.95. The van der Waals surface area contributed by atoms with Gasteiger partial charge in [0.05, 0.1) is 7.11 Å². The largest absolute Gasteiger partial charge is 0.467 e. The molecule has 0 saturated heterocycles. The van der Waals surface area contributed by atoms with Gasteiger partial charge in [0.15, 0.2) is 6.10 Å². The monoisotopic (exact) mass is 224 g/mol. The Balaban J connectivity index is 2.86. The highest BCUT2D eigenvalue weighted by Gasteiger charge is 2.28. The Bertz CT molecular complexity index is 345. The molecule has 0 fully saturated rings. The molecule has 4 heteroatoms. The molecule has 0 aliphatic carbocycles. The highest BCUT2D eigenvalue weighted by molar-refractivity contribution is 5.75. The number of hydrogen-bond donors (Lipinski definition) is 1. The fourth-order valence-electron chi connectivity index (χ4n) is 1.41. The van der Waals surface area contributed by atoms with E-state index in [-0.39, 0.29) is 0 Å².